The van der Waals surface area contributed by atoms with Gasteiger partial charge >= 0.3 is 12.2 Å². The minimum Gasteiger partial charge on any atom is -0.331 e. The number of benzene rings is 2. The summed E-state index contributed by atoms with van der Waals surface area (Å²) in [5.41, 5.74) is 0.256. The molecule has 3 nitrogen and oxygen atoms in total. The smallest absolute Gasteiger partial charge is 0.331 e. The monoisotopic (exact) mass is 320 g/mol. The van der Waals surface area contributed by atoms with Crippen LogP contribution in [0.2, 0.25) is 0 Å². The molecule has 1 aliphatic heterocycles. The summed E-state index contributed by atoms with van der Waals surface area (Å²) in [5, 5.41) is 5.35. The Morgan fingerprint density at radius 1 is 0.870 bits per heavy atom. The van der Waals surface area contributed by atoms with Crippen LogP contribution in [0.25, 0.3) is 0 Å². The first kappa shape index (κ1) is 15.4. The molecule has 1 heterocycles. The summed E-state index contributed by atoms with van der Waals surface area (Å²) in [6.07, 6.45) is -4.10. The average molecular weight is 320 g/mol. The highest BCUT2D eigenvalue weighted by Crippen LogP contribution is 2.38. The Labute approximate surface area is 131 Å². The third kappa shape index (κ3) is 3.31. The Bertz CT molecular complexity index is 700. The van der Waals surface area contributed by atoms with E-state index >= 15 is 0 Å². The van der Waals surface area contributed by atoms with Crippen LogP contribution < -0.4 is 10.6 Å². The topological polar surface area (TPSA) is 41.1 Å². The van der Waals surface area contributed by atoms with Gasteiger partial charge in [0.2, 0.25) is 0 Å². The first-order chi connectivity index (χ1) is 10.9. The lowest BCUT2D eigenvalue weighted by Gasteiger charge is -2.33. The highest BCUT2D eigenvalue weighted by molar-refractivity contribution is 5.76. The minimum absolute atomic E-state index is 0.0933. The summed E-state index contributed by atoms with van der Waals surface area (Å²) >= 11 is 0. The maximum Gasteiger partial charge on any atom is 0.416 e. The molecule has 2 aromatic carbocycles. The van der Waals surface area contributed by atoms with Crippen molar-refractivity contribution in [3.05, 3.63) is 71.3 Å². The van der Waals surface area contributed by atoms with E-state index in [0.717, 1.165) is 11.6 Å². The molecule has 1 saturated heterocycles. The Hall–Kier alpha value is -2.50. The fourth-order valence-corrected chi connectivity index (χ4v) is 2.88. The van der Waals surface area contributed by atoms with E-state index < -0.39 is 23.8 Å². The van der Waals surface area contributed by atoms with Crippen LogP contribution in [-0.2, 0) is 6.18 Å². The van der Waals surface area contributed by atoms with E-state index in [-0.39, 0.29) is 11.6 Å². The zero-order valence-electron chi connectivity index (χ0n) is 12.1. The maximum absolute atomic E-state index is 13.2. The van der Waals surface area contributed by atoms with Gasteiger partial charge in [-0.2, -0.15) is 13.2 Å². The van der Waals surface area contributed by atoms with Crippen LogP contribution >= 0.6 is 0 Å². The quantitative estimate of drug-likeness (QED) is 0.856. The van der Waals surface area contributed by atoms with E-state index in [2.05, 4.69) is 10.6 Å². The van der Waals surface area contributed by atoms with Crippen molar-refractivity contribution in [2.45, 2.75) is 24.7 Å². The molecular formula is C17H15F3N2O. The maximum atomic E-state index is 13.2. The van der Waals surface area contributed by atoms with Crippen molar-refractivity contribution in [1.29, 1.82) is 0 Å². The molecule has 3 rings (SSSR count). The van der Waals surface area contributed by atoms with E-state index in [0.29, 0.717) is 6.42 Å². The molecule has 2 amide bonds. The normalized spacial score (nSPS) is 21.4. The van der Waals surface area contributed by atoms with Crippen LogP contribution in [0.4, 0.5) is 18.0 Å². The van der Waals surface area contributed by atoms with Gasteiger partial charge in [-0.1, -0.05) is 48.5 Å². The van der Waals surface area contributed by atoms with Gasteiger partial charge in [0.25, 0.3) is 0 Å². The van der Waals surface area contributed by atoms with Gasteiger partial charge in [0.05, 0.1) is 17.6 Å². The lowest BCUT2D eigenvalue weighted by Crippen LogP contribution is -2.46. The summed E-state index contributed by atoms with van der Waals surface area (Å²) in [4.78, 5) is 11.9. The average Bonchev–Trinajstić information content (AvgIpc) is 2.54. The molecule has 6 heteroatoms. The molecule has 23 heavy (non-hydrogen) atoms. The van der Waals surface area contributed by atoms with Crippen LogP contribution in [0.3, 0.4) is 0 Å². The predicted octanol–water partition coefficient (Wildman–Crippen LogP) is 4.19. The van der Waals surface area contributed by atoms with Crippen LogP contribution in [0.15, 0.2) is 54.6 Å². The van der Waals surface area contributed by atoms with Crippen LogP contribution in [-0.4, -0.2) is 6.03 Å². The SMILES string of the molecule is O=C1NC(c2ccccc2)CC(c2ccccc2C(F)(F)F)N1. The molecule has 0 bridgehead atoms. The molecular weight excluding hydrogens is 305 g/mol. The van der Waals surface area contributed by atoms with Crippen molar-refractivity contribution in [2.75, 3.05) is 0 Å². The number of halogens is 3. The molecule has 2 N–H and O–H groups in total. The number of amides is 2. The molecule has 0 radical (unpaired) electrons. The number of urea groups is 1. The second-order valence-electron chi connectivity index (χ2n) is 5.45. The number of alkyl halides is 3. The van der Waals surface area contributed by atoms with E-state index in [1.165, 1.54) is 12.1 Å². The summed E-state index contributed by atoms with van der Waals surface area (Å²) in [6.45, 7) is 0. The highest BCUT2D eigenvalue weighted by Gasteiger charge is 2.37. The molecule has 0 spiro atoms. The van der Waals surface area contributed by atoms with Gasteiger partial charge in [0, 0.05) is 0 Å². The van der Waals surface area contributed by atoms with E-state index in [1.807, 2.05) is 30.3 Å². The molecule has 1 fully saturated rings. The zero-order valence-corrected chi connectivity index (χ0v) is 12.1. The Morgan fingerprint density at radius 3 is 2.17 bits per heavy atom. The van der Waals surface area contributed by atoms with Crippen molar-refractivity contribution in [1.82, 2.24) is 10.6 Å². The standard InChI is InChI=1S/C17H15F3N2O/c18-17(19,20)13-9-5-4-8-12(13)15-10-14(21-16(23)22-15)11-6-2-1-3-7-11/h1-9,14-15H,10H2,(H2,21,22,23). The van der Waals surface area contributed by atoms with E-state index in [4.69, 9.17) is 0 Å². The fourth-order valence-electron chi connectivity index (χ4n) is 2.88. The molecule has 0 aliphatic carbocycles. The van der Waals surface area contributed by atoms with Gasteiger partial charge in [-0.05, 0) is 23.6 Å². The molecule has 1 aliphatic rings. The van der Waals surface area contributed by atoms with Gasteiger partial charge in [0.15, 0.2) is 0 Å². The van der Waals surface area contributed by atoms with Crippen LogP contribution in [0, 0.1) is 0 Å². The molecule has 2 unspecified atom stereocenters. The van der Waals surface area contributed by atoms with E-state index in [9.17, 15) is 18.0 Å². The molecule has 2 aromatic rings. The Morgan fingerprint density at radius 2 is 1.48 bits per heavy atom. The first-order valence-electron chi connectivity index (χ1n) is 7.23. The van der Waals surface area contributed by atoms with Gasteiger partial charge in [-0.3, -0.25) is 0 Å². The van der Waals surface area contributed by atoms with Gasteiger partial charge in [-0.25, -0.2) is 4.79 Å². The lowest BCUT2D eigenvalue weighted by molar-refractivity contribution is -0.138. The number of hydrogen-bond acceptors (Lipinski definition) is 1. The van der Waals surface area contributed by atoms with Gasteiger partial charge in [-0.15, -0.1) is 0 Å². The molecule has 0 aromatic heterocycles. The van der Waals surface area contributed by atoms with E-state index in [1.54, 1.807) is 6.07 Å². The minimum atomic E-state index is -4.45. The summed E-state index contributed by atoms with van der Waals surface area (Å²) < 4.78 is 39.6. The number of rotatable bonds is 2. The second-order valence-corrected chi connectivity index (χ2v) is 5.45. The molecule has 2 atom stereocenters. The number of carbonyl (C=O) groups excluding carboxylic acids is 1. The zero-order chi connectivity index (χ0) is 16.4. The van der Waals surface area contributed by atoms with Gasteiger partial charge < -0.3 is 10.6 Å². The van der Waals surface area contributed by atoms with Crippen LogP contribution in [0.1, 0.15) is 35.2 Å². The van der Waals surface area contributed by atoms with Crippen LogP contribution in [0.5, 0.6) is 0 Å². The Balaban J connectivity index is 1.93. The summed E-state index contributed by atoms with van der Waals surface area (Å²) in [7, 11) is 0. The van der Waals surface area contributed by atoms with Crippen molar-refractivity contribution in [3.8, 4) is 0 Å². The third-order valence-electron chi connectivity index (χ3n) is 3.93. The number of hydrogen-bond donors (Lipinski definition) is 2. The predicted molar refractivity (Wildman–Crippen MR) is 79.7 cm³/mol. The van der Waals surface area contributed by atoms with Crippen molar-refractivity contribution in [2.24, 2.45) is 0 Å². The first-order valence-corrected chi connectivity index (χ1v) is 7.23. The molecule has 0 saturated carbocycles. The fraction of sp³-hybridized carbons (Fsp3) is 0.235. The van der Waals surface area contributed by atoms with Gasteiger partial charge in [0.1, 0.15) is 0 Å². The van der Waals surface area contributed by atoms with Crippen molar-refractivity contribution in [3.63, 3.8) is 0 Å². The highest BCUT2D eigenvalue weighted by atomic mass is 19.4. The summed E-state index contributed by atoms with van der Waals surface area (Å²) in [6, 6.07) is 13.1. The second kappa shape index (κ2) is 5.95. The van der Waals surface area contributed by atoms with Crippen molar-refractivity contribution < 1.29 is 18.0 Å². The molecule has 120 valence electrons. The largest absolute Gasteiger partial charge is 0.416 e. The summed E-state index contributed by atoms with van der Waals surface area (Å²) in [5.74, 6) is 0. The number of carbonyl (C=O) groups is 1. The third-order valence-corrected chi connectivity index (χ3v) is 3.93. The Kier molecular flexibility index (Phi) is 3.98. The van der Waals surface area contributed by atoms with Crippen molar-refractivity contribution >= 4 is 6.03 Å². The lowest BCUT2D eigenvalue weighted by atomic mass is 9.90. The number of nitrogens with one attached hydrogen (secondary N) is 2.